The first-order chi connectivity index (χ1) is 7.11. The minimum Gasteiger partial charge on any atom is -0.365 e. The van der Waals surface area contributed by atoms with Gasteiger partial charge in [0.25, 0.3) is 0 Å². The third kappa shape index (κ3) is 1.81. The van der Waals surface area contributed by atoms with Crippen molar-refractivity contribution in [2.45, 2.75) is 19.8 Å². The van der Waals surface area contributed by atoms with E-state index in [1.165, 1.54) is 11.3 Å². The summed E-state index contributed by atoms with van der Waals surface area (Å²) in [7, 11) is 1.82. The Labute approximate surface area is 92.1 Å². The van der Waals surface area contributed by atoms with Gasteiger partial charge in [-0.1, -0.05) is 25.2 Å². The fourth-order valence-electron chi connectivity index (χ4n) is 1.57. The quantitative estimate of drug-likeness (QED) is 0.843. The Morgan fingerprint density at radius 2 is 2.13 bits per heavy atom. The number of hydrogen-bond donors (Lipinski definition) is 1. The van der Waals surface area contributed by atoms with Crippen LogP contribution in [0.25, 0.3) is 10.2 Å². The maximum absolute atomic E-state index is 13.3. The largest absolute Gasteiger partial charge is 0.365 e. The number of nitrogens with one attached hydrogen (secondary N) is 1. The number of rotatable bonds is 2. The molecule has 0 amide bonds. The molecule has 4 heteroatoms. The molecule has 2 nitrogen and oxygen atoms in total. The number of nitrogens with zero attached hydrogens (tertiary/aromatic N) is 1. The van der Waals surface area contributed by atoms with Crippen LogP contribution >= 0.6 is 11.3 Å². The maximum Gasteiger partial charge on any atom is 0.183 e. The van der Waals surface area contributed by atoms with Gasteiger partial charge in [-0.05, 0) is 23.6 Å². The van der Waals surface area contributed by atoms with Crippen LogP contribution in [-0.2, 0) is 0 Å². The molecule has 1 heterocycles. The summed E-state index contributed by atoms with van der Waals surface area (Å²) >= 11 is 1.48. The van der Waals surface area contributed by atoms with Crippen molar-refractivity contribution < 1.29 is 4.39 Å². The van der Waals surface area contributed by atoms with Gasteiger partial charge in [-0.3, -0.25) is 0 Å². The molecule has 0 aliphatic carbocycles. The molecule has 0 radical (unpaired) electrons. The molecule has 15 heavy (non-hydrogen) atoms. The maximum atomic E-state index is 13.3. The predicted molar refractivity (Wildman–Crippen MR) is 63.2 cm³/mol. The second kappa shape index (κ2) is 3.77. The molecule has 0 saturated carbocycles. The first-order valence-corrected chi connectivity index (χ1v) is 5.71. The Hall–Kier alpha value is -1.16. The van der Waals surface area contributed by atoms with Crippen molar-refractivity contribution >= 4 is 26.7 Å². The molecule has 1 aromatic heterocycles. The molecule has 0 aliphatic heterocycles. The van der Waals surface area contributed by atoms with Gasteiger partial charge in [0.05, 0.1) is 10.2 Å². The summed E-state index contributed by atoms with van der Waals surface area (Å²) in [5.74, 6) is 0.104. The highest BCUT2D eigenvalue weighted by Crippen LogP contribution is 2.32. The topological polar surface area (TPSA) is 24.9 Å². The lowest BCUT2D eigenvalue weighted by atomic mass is 10.0. The first-order valence-electron chi connectivity index (χ1n) is 4.89. The average molecular weight is 224 g/mol. The molecular weight excluding hydrogens is 211 g/mol. The predicted octanol–water partition coefficient (Wildman–Crippen LogP) is 3.60. The molecule has 2 aromatic rings. The minimum absolute atomic E-state index is 0.183. The van der Waals surface area contributed by atoms with Crippen LogP contribution in [0.3, 0.4) is 0 Å². The number of fused-ring (bicyclic) bond motifs is 1. The van der Waals surface area contributed by atoms with Crippen molar-refractivity contribution in [3.05, 3.63) is 23.5 Å². The van der Waals surface area contributed by atoms with E-state index in [0.717, 1.165) is 20.9 Å². The number of thiazole rings is 1. The molecule has 2 rings (SSSR count). The van der Waals surface area contributed by atoms with Crippen molar-refractivity contribution in [2.24, 2.45) is 0 Å². The second-order valence-corrected chi connectivity index (χ2v) is 4.80. The number of benzene rings is 1. The van der Waals surface area contributed by atoms with Crippen LogP contribution in [0.4, 0.5) is 9.52 Å². The molecule has 0 aliphatic rings. The summed E-state index contributed by atoms with van der Waals surface area (Å²) in [5.41, 5.74) is 1.89. The van der Waals surface area contributed by atoms with Crippen LogP contribution in [0.1, 0.15) is 25.3 Å². The van der Waals surface area contributed by atoms with Crippen molar-refractivity contribution in [3.8, 4) is 0 Å². The first kappa shape index (κ1) is 10.4. The van der Waals surface area contributed by atoms with Gasteiger partial charge in [-0.15, -0.1) is 0 Å². The van der Waals surface area contributed by atoms with E-state index in [2.05, 4.69) is 10.3 Å². The van der Waals surface area contributed by atoms with Crippen LogP contribution in [0.2, 0.25) is 0 Å². The van der Waals surface area contributed by atoms with Gasteiger partial charge >= 0.3 is 0 Å². The Bertz CT molecular complexity index is 491. The lowest BCUT2D eigenvalue weighted by molar-refractivity contribution is 0.626. The van der Waals surface area contributed by atoms with Crippen molar-refractivity contribution in [1.82, 2.24) is 4.98 Å². The highest BCUT2D eigenvalue weighted by molar-refractivity contribution is 7.22. The Morgan fingerprint density at radius 3 is 2.73 bits per heavy atom. The van der Waals surface area contributed by atoms with Gasteiger partial charge in [0, 0.05) is 7.05 Å². The van der Waals surface area contributed by atoms with Crippen LogP contribution in [0.5, 0.6) is 0 Å². The molecule has 0 unspecified atom stereocenters. The van der Waals surface area contributed by atoms with Crippen LogP contribution in [-0.4, -0.2) is 12.0 Å². The zero-order valence-electron chi connectivity index (χ0n) is 8.97. The molecule has 0 bridgehead atoms. The Balaban J connectivity index is 2.72. The van der Waals surface area contributed by atoms with Gasteiger partial charge in [-0.2, -0.15) is 0 Å². The summed E-state index contributed by atoms with van der Waals surface area (Å²) in [5, 5.41) is 3.82. The molecule has 80 valence electrons. The van der Waals surface area contributed by atoms with E-state index in [-0.39, 0.29) is 11.7 Å². The summed E-state index contributed by atoms with van der Waals surface area (Å²) < 4.78 is 14.2. The molecular formula is C11H13FN2S. The molecule has 1 N–H and O–H groups in total. The number of halogens is 1. The summed E-state index contributed by atoms with van der Waals surface area (Å²) in [4.78, 5) is 4.43. The molecule has 0 atom stereocenters. The summed E-state index contributed by atoms with van der Waals surface area (Å²) in [6, 6.07) is 3.12. The van der Waals surface area contributed by atoms with Gasteiger partial charge in [0.15, 0.2) is 5.13 Å². The van der Waals surface area contributed by atoms with Gasteiger partial charge in [0.2, 0.25) is 0 Å². The van der Waals surface area contributed by atoms with Crippen LogP contribution in [0, 0.1) is 5.82 Å². The fourth-order valence-corrected chi connectivity index (χ4v) is 2.45. The number of anilines is 1. The molecule has 0 saturated heterocycles. The zero-order valence-corrected chi connectivity index (χ0v) is 9.78. The fraction of sp³-hybridized carbons (Fsp3) is 0.364. The van der Waals surface area contributed by atoms with Gasteiger partial charge < -0.3 is 5.32 Å². The van der Waals surface area contributed by atoms with Crippen LogP contribution < -0.4 is 5.32 Å². The van der Waals surface area contributed by atoms with Crippen LogP contribution in [0.15, 0.2) is 12.1 Å². The number of aromatic nitrogens is 1. The van der Waals surface area contributed by atoms with E-state index in [0.29, 0.717) is 0 Å². The van der Waals surface area contributed by atoms with E-state index in [9.17, 15) is 4.39 Å². The Kier molecular flexibility index (Phi) is 2.61. The standard InChI is InChI=1S/C11H13FN2S/c1-6(2)8-4-7(12)5-9-10(8)14-11(13-3)15-9/h4-6H,1-3H3,(H,13,14). The lowest BCUT2D eigenvalue weighted by Gasteiger charge is -2.05. The normalized spacial score (nSPS) is 11.3. The summed E-state index contributed by atoms with van der Waals surface area (Å²) in [6.45, 7) is 4.10. The summed E-state index contributed by atoms with van der Waals surface area (Å²) in [6.07, 6.45) is 0. The number of hydrogen-bond acceptors (Lipinski definition) is 3. The van der Waals surface area contributed by atoms with Crippen molar-refractivity contribution in [1.29, 1.82) is 0 Å². The lowest BCUT2D eigenvalue weighted by Crippen LogP contribution is -1.91. The monoisotopic (exact) mass is 224 g/mol. The average Bonchev–Trinajstić information content (AvgIpc) is 2.58. The van der Waals surface area contributed by atoms with Crippen molar-refractivity contribution in [3.63, 3.8) is 0 Å². The SMILES string of the molecule is CNc1nc2c(C(C)C)cc(F)cc2s1. The molecule has 0 fully saturated rings. The molecule has 0 spiro atoms. The minimum atomic E-state index is -0.183. The second-order valence-electron chi connectivity index (χ2n) is 3.77. The highest BCUT2D eigenvalue weighted by Gasteiger charge is 2.12. The van der Waals surface area contributed by atoms with E-state index in [4.69, 9.17) is 0 Å². The van der Waals surface area contributed by atoms with Crippen molar-refractivity contribution in [2.75, 3.05) is 12.4 Å². The van der Waals surface area contributed by atoms with E-state index >= 15 is 0 Å². The molecule has 1 aromatic carbocycles. The van der Waals surface area contributed by atoms with E-state index in [1.807, 2.05) is 20.9 Å². The highest BCUT2D eigenvalue weighted by atomic mass is 32.1. The zero-order chi connectivity index (χ0) is 11.0. The van der Waals surface area contributed by atoms with E-state index in [1.54, 1.807) is 12.1 Å². The van der Waals surface area contributed by atoms with Gasteiger partial charge in [-0.25, -0.2) is 9.37 Å². The third-order valence-electron chi connectivity index (χ3n) is 2.33. The smallest absolute Gasteiger partial charge is 0.183 e. The van der Waals surface area contributed by atoms with E-state index < -0.39 is 0 Å². The van der Waals surface area contributed by atoms with Gasteiger partial charge in [0.1, 0.15) is 5.82 Å². The Morgan fingerprint density at radius 1 is 1.40 bits per heavy atom. The third-order valence-corrected chi connectivity index (χ3v) is 3.34.